The second-order valence-corrected chi connectivity index (χ2v) is 5.87. The SMILES string of the molecule is CC1(C(=O)Nc2cc(Cl)ccc2-n2cccn2)CCCN1. The van der Waals surface area contributed by atoms with Gasteiger partial charge in [0.15, 0.2) is 0 Å². The first-order valence-electron chi connectivity index (χ1n) is 6.94. The zero-order valence-electron chi connectivity index (χ0n) is 11.8. The lowest BCUT2D eigenvalue weighted by Gasteiger charge is -2.24. The monoisotopic (exact) mass is 304 g/mol. The molecule has 1 fully saturated rings. The molecule has 2 N–H and O–H groups in total. The fraction of sp³-hybridized carbons (Fsp3) is 0.333. The molecule has 0 saturated carbocycles. The summed E-state index contributed by atoms with van der Waals surface area (Å²) in [5.41, 5.74) is 0.925. The number of nitrogens with one attached hydrogen (secondary N) is 2. The molecule has 1 aromatic heterocycles. The summed E-state index contributed by atoms with van der Waals surface area (Å²) in [5.74, 6) is -0.0457. The molecule has 1 amide bonds. The van der Waals surface area contributed by atoms with Crippen molar-refractivity contribution in [2.24, 2.45) is 0 Å². The first-order chi connectivity index (χ1) is 10.1. The van der Waals surface area contributed by atoms with Gasteiger partial charge in [0.05, 0.1) is 16.9 Å². The van der Waals surface area contributed by atoms with Crippen LogP contribution in [0, 0.1) is 0 Å². The molecule has 1 atom stereocenters. The number of anilines is 1. The van der Waals surface area contributed by atoms with E-state index in [0.717, 1.165) is 25.1 Å². The molecular weight excluding hydrogens is 288 g/mol. The van der Waals surface area contributed by atoms with E-state index < -0.39 is 5.54 Å². The number of benzene rings is 1. The Morgan fingerprint density at radius 3 is 3.05 bits per heavy atom. The van der Waals surface area contributed by atoms with Crippen molar-refractivity contribution in [3.05, 3.63) is 41.7 Å². The normalized spacial score (nSPS) is 21.4. The molecule has 0 radical (unpaired) electrons. The van der Waals surface area contributed by atoms with Gasteiger partial charge in [0.1, 0.15) is 0 Å². The standard InChI is InChI=1S/C15H17ClN4O/c1-15(6-2-7-17-15)14(21)19-12-10-11(16)4-5-13(12)20-9-3-8-18-20/h3-5,8-10,17H,2,6-7H2,1H3,(H,19,21). The number of halogens is 1. The van der Waals surface area contributed by atoms with Crippen LogP contribution in [0.2, 0.25) is 5.02 Å². The van der Waals surface area contributed by atoms with Gasteiger partial charge in [-0.2, -0.15) is 5.10 Å². The van der Waals surface area contributed by atoms with Crippen molar-refractivity contribution in [1.29, 1.82) is 0 Å². The van der Waals surface area contributed by atoms with Crippen LogP contribution in [-0.4, -0.2) is 27.8 Å². The minimum atomic E-state index is -0.524. The van der Waals surface area contributed by atoms with Crippen LogP contribution in [0.15, 0.2) is 36.7 Å². The highest BCUT2D eigenvalue weighted by Crippen LogP contribution is 2.27. The highest BCUT2D eigenvalue weighted by molar-refractivity contribution is 6.31. The summed E-state index contributed by atoms with van der Waals surface area (Å²) in [6.45, 7) is 2.79. The Morgan fingerprint density at radius 1 is 1.52 bits per heavy atom. The Labute approximate surface area is 128 Å². The van der Waals surface area contributed by atoms with Gasteiger partial charge in [0.25, 0.3) is 0 Å². The highest BCUT2D eigenvalue weighted by atomic mass is 35.5. The molecule has 1 saturated heterocycles. The summed E-state index contributed by atoms with van der Waals surface area (Å²) in [6, 6.07) is 7.20. The maximum absolute atomic E-state index is 12.5. The predicted molar refractivity (Wildman–Crippen MR) is 82.8 cm³/mol. The van der Waals surface area contributed by atoms with Crippen LogP contribution < -0.4 is 10.6 Å². The van der Waals surface area contributed by atoms with Crippen molar-refractivity contribution >= 4 is 23.2 Å². The van der Waals surface area contributed by atoms with Gasteiger partial charge < -0.3 is 10.6 Å². The van der Waals surface area contributed by atoms with Crippen LogP contribution in [0.5, 0.6) is 0 Å². The smallest absolute Gasteiger partial charge is 0.244 e. The molecule has 1 aliphatic heterocycles. The van der Waals surface area contributed by atoms with Gasteiger partial charge in [-0.25, -0.2) is 4.68 Å². The Bertz CT molecular complexity index is 648. The number of aromatic nitrogens is 2. The molecule has 2 heterocycles. The van der Waals surface area contributed by atoms with E-state index in [9.17, 15) is 4.79 Å². The number of nitrogens with zero attached hydrogens (tertiary/aromatic N) is 2. The second kappa shape index (κ2) is 5.50. The van der Waals surface area contributed by atoms with Gasteiger partial charge in [0.2, 0.25) is 5.91 Å². The molecule has 110 valence electrons. The lowest BCUT2D eigenvalue weighted by atomic mass is 9.99. The Balaban J connectivity index is 1.91. The largest absolute Gasteiger partial charge is 0.323 e. The van der Waals surface area contributed by atoms with Crippen LogP contribution in [0.1, 0.15) is 19.8 Å². The molecule has 3 rings (SSSR count). The van der Waals surface area contributed by atoms with Crippen molar-refractivity contribution in [3.8, 4) is 5.69 Å². The summed E-state index contributed by atoms with van der Waals surface area (Å²) in [5, 5.41) is 11.0. The average Bonchev–Trinajstić information content (AvgIpc) is 3.11. The van der Waals surface area contributed by atoms with Crippen LogP contribution >= 0.6 is 11.6 Å². The molecule has 0 aliphatic carbocycles. The fourth-order valence-corrected chi connectivity index (χ4v) is 2.74. The number of carbonyl (C=O) groups excluding carboxylic acids is 1. The van der Waals surface area contributed by atoms with Crippen LogP contribution in [0.25, 0.3) is 5.69 Å². The van der Waals surface area contributed by atoms with Gasteiger partial charge in [-0.15, -0.1) is 0 Å². The molecule has 2 aromatic rings. The Morgan fingerprint density at radius 2 is 2.38 bits per heavy atom. The number of amides is 1. The quantitative estimate of drug-likeness (QED) is 0.916. The van der Waals surface area contributed by atoms with Crippen molar-refractivity contribution in [2.75, 3.05) is 11.9 Å². The van der Waals surface area contributed by atoms with Crippen molar-refractivity contribution in [1.82, 2.24) is 15.1 Å². The molecule has 1 unspecified atom stereocenters. The molecule has 0 bridgehead atoms. The maximum Gasteiger partial charge on any atom is 0.244 e. The summed E-state index contributed by atoms with van der Waals surface area (Å²) in [7, 11) is 0. The topological polar surface area (TPSA) is 59.0 Å². The molecule has 0 spiro atoms. The van der Waals surface area contributed by atoms with Crippen molar-refractivity contribution in [2.45, 2.75) is 25.3 Å². The van der Waals surface area contributed by atoms with E-state index in [0.29, 0.717) is 10.7 Å². The average molecular weight is 305 g/mol. The minimum Gasteiger partial charge on any atom is -0.323 e. The molecular formula is C15H17ClN4O. The minimum absolute atomic E-state index is 0.0457. The van der Waals surface area contributed by atoms with E-state index in [1.165, 1.54) is 0 Å². The van der Waals surface area contributed by atoms with Crippen LogP contribution in [0.4, 0.5) is 5.69 Å². The lowest BCUT2D eigenvalue weighted by Crippen LogP contribution is -2.48. The number of hydrogen-bond acceptors (Lipinski definition) is 3. The van der Waals surface area contributed by atoms with Crippen LogP contribution in [-0.2, 0) is 4.79 Å². The number of rotatable bonds is 3. The lowest BCUT2D eigenvalue weighted by molar-refractivity contribution is -0.121. The third kappa shape index (κ3) is 2.80. The summed E-state index contributed by atoms with van der Waals surface area (Å²) >= 11 is 6.06. The predicted octanol–water partition coefficient (Wildman–Crippen LogP) is 2.61. The summed E-state index contributed by atoms with van der Waals surface area (Å²) < 4.78 is 1.70. The molecule has 5 nitrogen and oxygen atoms in total. The Hall–Kier alpha value is -1.85. The van der Waals surface area contributed by atoms with Gasteiger partial charge >= 0.3 is 0 Å². The van der Waals surface area contributed by atoms with Crippen molar-refractivity contribution < 1.29 is 4.79 Å². The van der Waals surface area contributed by atoms with Gasteiger partial charge in [-0.3, -0.25) is 4.79 Å². The van der Waals surface area contributed by atoms with E-state index in [1.54, 1.807) is 23.0 Å². The zero-order chi connectivity index (χ0) is 14.9. The number of hydrogen-bond donors (Lipinski definition) is 2. The first-order valence-corrected chi connectivity index (χ1v) is 7.32. The van der Waals surface area contributed by atoms with E-state index in [4.69, 9.17) is 11.6 Å². The Kier molecular flexibility index (Phi) is 3.69. The third-order valence-electron chi connectivity index (χ3n) is 3.83. The number of carbonyl (C=O) groups is 1. The molecule has 1 aromatic carbocycles. The van der Waals surface area contributed by atoms with E-state index >= 15 is 0 Å². The van der Waals surface area contributed by atoms with Gasteiger partial charge in [-0.05, 0) is 50.6 Å². The van der Waals surface area contributed by atoms with Gasteiger partial charge in [-0.1, -0.05) is 11.6 Å². The molecule has 6 heteroatoms. The van der Waals surface area contributed by atoms with Gasteiger partial charge in [0, 0.05) is 17.4 Å². The first kappa shape index (κ1) is 14.1. The maximum atomic E-state index is 12.5. The summed E-state index contributed by atoms with van der Waals surface area (Å²) in [6.07, 6.45) is 5.36. The van der Waals surface area contributed by atoms with Crippen LogP contribution in [0.3, 0.4) is 0 Å². The fourth-order valence-electron chi connectivity index (χ4n) is 2.57. The molecule has 1 aliphatic rings. The molecule has 21 heavy (non-hydrogen) atoms. The van der Waals surface area contributed by atoms with E-state index in [-0.39, 0.29) is 5.91 Å². The third-order valence-corrected chi connectivity index (χ3v) is 4.06. The van der Waals surface area contributed by atoms with E-state index in [2.05, 4.69) is 15.7 Å². The second-order valence-electron chi connectivity index (χ2n) is 5.43. The summed E-state index contributed by atoms with van der Waals surface area (Å²) in [4.78, 5) is 12.5. The highest BCUT2D eigenvalue weighted by Gasteiger charge is 2.36. The van der Waals surface area contributed by atoms with E-state index in [1.807, 2.05) is 25.3 Å². The zero-order valence-corrected chi connectivity index (χ0v) is 12.5. The van der Waals surface area contributed by atoms with Crippen molar-refractivity contribution in [3.63, 3.8) is 0 Å².